The molecule has 0 unspecified atom stereocenters. The van der Waals surface area contributed by atoms with Crippen molar-refractivity contribution < 1.29 is 13.2 Å². The average Bonchev–Trinajstić information content (AvgIpc) is 3.27. The summed E-state index contributed by atoms with van der Waals surface area (Å²) in [4.78, 5) is 13.1. The predicted molar refractivity (Wildman–Crippen MR) is 94.4 cm³/mol. The maximum absolute atomic E-state index is 14.5. The summed E-state index contributed by atoms with van der Waals surface area (Å²) in [7, 11) is 0. The van der Waals surface area contributed by atoms with Crippen LogP contribution in [-0.4, -0.2) is 19.5 Å². The van der Waals surface area contributed by atoms with Crippen molar-refractivity contribution in [3.63, 3.8) is 0 Å². The molecule has 134 valence electrons. The first-order valence-corrected chi connectivity index (χ1v) is 8.58. The molecule has 1 aliphatic rings. The summed E-state index contributed by atoms with van der Waals surface area (Å²) in [5.41, 5.74) is 3.15. The lowest BCUT2D eigenvalue weighted by atomic mass is 10.0. The largest absolute Gasteiger partial charge is 0.327 e. The van der Waals surface area contributed by atoms with Crippen LogP contribution in [0.25, 0.3) is 33.5 Å². The second-order valence-electron chi connectivity index (χ2n) is 6.46. The van der Waals surface area contributed by atoms with Crippen molar-refractivity contribution in [1.82, 2.24) is 19.5 Å². The van der Waals surface area contributed by atoms with Gasteiger partial charge in [-0.3, -0.25) is 9.97 Å². The average molecular weight is 366 g/mol. The third-order valence-corrected chi connectivity index (χ3v) is 4.86. The molecular formula is C20H13F3N4. The molecule has 2 aromatic carbocycles. The Morgan fingerprint density at radius 1 is 0.889 bits per heavy atom. The van der Waals surface area contributed by atoms with E-state index < -0.39 is 17.5 Å². The number of hydrogen-bond donors (Lipinski definition) is 0. The minimum absolute atomic E-state index is 0.0509. The van der Waals surface area contributed by atoms with Gasteiger partial charge in [-0.2, -0.15) is 0 Å². The molecule has 3 heterocycles. The fourth-order valence-corrected chi connectivity index (χ4v) is 3.63. The minimum atomic E-state index is -1.49. The molecule has 0 fully saturated rings. The van der Waals surface area contributed by atoms with E-state index in [2.05, 4.69) is 15.0 Å². The molecule has 0 amide bonds. The molecule has 4 aromatic rings. The van der Waals surface area contributed by atoms with Crippen LogP contribution in [0.5, 0.6) is 0 Å². The Morgan fingerprint density at radius 2 is 1.70 bits per heavy atom. The van der Waals surface area contributed by atoms with E-state index in [1.165, 1.54) is 6.07 Å². The first-order chi connectivity index (χ1) is 13.1. The summed E-state index contributed by atoms with van der Waals surface area (Å²) in [6, 6.07) is 7.70. The van der Waals surface area contributed by atoms with E-state index >= 15 is 0 Å². The topological polar surface area (TPSA) is 43.6 Å². The Morgan fingerprint density at radius 3 is 2.56 bits per heavy atom. The Hall–Kier alpha value is -3.22. The SMILES string of the molecule is Fc1ccc(-c2nc3n(c2-c2ccc4nccnc4c2)CCC3)c(F)c1F. The fraction of sp³-hybridized carbons (Fsp3) is 0.150. The first-order valence-electron chi connectivity index (χ1n) is 8.58. The van der Waals surface area contributed by atoms with E-state index in [4.69, 9.17) is 0 Å². The highest BCUT2D eigenvalue weighted by Crippen LogP contribution is 2.38. The highest BCUT2D eigenvalue weighted by Gasteiger charge is 2.26. The van der Waals surface area contributed by atoms with E-state index in [0.717, 1.165) is 42.4 Å². The Balaban J connectivity index is 1.78. The fourth-order valence-electron chi connectivity index (χ4n) is 3.63. The standard InChI is InChI=1S/C20H13F3N4/c21-13-5-4-12(17(22)18(13)23)19-20(27-9-1-2-16(27)26-19)11-3-6-14-15(10-11)25-8-7-24-14/h3-8,10H,1-2,9H2. The number of fused-ring (bicyclic) bond motifs is 2. The second-order valence-corrected chi connectivity index (χ2v) is 6.46. The molecule has 0 N–H and O–H groups in total. The summed E-state index contributed by atoms with van der Waals surface area (Å²) < 4.78 is 43.7. The van der Waals surface area contributed by atoms with Crippen LogP contribution in [0, 0.1) is 17.5 Å². The highest BCUT2D eigenvalue weighted by atomic mass is 19.2. The number of aromatic nitrogens is 4. The van der Waals surface area contributed by atoms with Crippen molar-refractivity contribution in [1.29, 1.82) is 0 Å². The molecule has 0 saturated heterocycles. The van der Waals surface area contributed by atoms with Gasteiger partial charge in [-0.25, -0.2) is 18.2 Å². The van der Waals surface area contributed by atoms with Gasteiger partial charge in [0.25, 0.3) is 0 Å². The summed E-state index contributed by atoms with van der Waals surface area (Å²) >= 11 is 0. The number of hydrogen-bond acceptors (Lipinski definition) is 3. The van der Waals surface area contributed by atoms with Gasteiger partial charge in [0.15, 0.2) is 17.5 Å². The molecule has 0 spiro atoms. The molecule has 0 radical (unpaired) electrons. The van der Waals surface area contributed by atoms with Crippen molar-refractivity contribution in [2.45, 2.75) is 19.4 Å². The zero-order chi connectivity index (χ0) is 18.5. The van der Waals surface area contributed by atoms with Crippen molar-refractivity contribution >= 4 is 11.0 Å². The van der Waals surface area contributed by atoms with Crippen LogP contribution in [0.2, 0.25) is 0 Å². The van der Waals surface area contributed by atoms with E-state index in [1.54, 1.807) is 12.4 Å². The van der Waals surface area contributed by atoms with Crippen molar-refractivity contribution in [3.05, 3.63) is 66.0 Å². The molecule has 1 aliphatic heterocycles. The van der Waals surface area contributed by atoms with Crippen LogP contribution in [-0.2, 0) is 13.0 Å². The summed E-state index contributed by atoms with van der Waals surface area (Å²) in [5, 5.41) is 0. The van der Waals surface area contributed by atoms with E-state index in [1.807, 2.05) is 22.8 Å². The van der Waals surface area contributed by atoms with Crippen LogP contribution in [0.15, 0.2) is 42.7 Å². The Labute approximate surface area is 152 Å². The summed E-state index contributed by atoms with van der Waals surface area (Å²) in [6.45, 7) is 0.738. The Bertz CT molecular complexity index is 1200. The number of imidazole rings is 1. The van der Waals surface area contributed by atoms with E-state index in [0.29, 0.717) is 16.9 Å². The van der Waals surface area contributed by atoms with Crippen molar-refractivity contribution in [2.24, 2.45) is 0 Å². The van der Waals surface area contributed by atoms with Gasteiger partial charge in [0.05, 0.1) is 22.4 Å². The molecule has 2 aromatic heterocycles. The zero-order valence-electron chi connectivity index (χ0n) is 14.1. The smallest absolute Gasteiger partial charge is 0.195 e. The first kappa shape index (κ1) is 16.0. The Kier molecular flexibility index (Phi) is 3.50. The van der Waals surface area contributed by atoms with E-state index in [9.17, 15) is 13.2 Å². The molecule has 0 saturated carbocycles. The maximum Gasteiger partial charge on any atom is 0.195 e. The van der Waals surface area contributed by atoms with Gasteiger partial charge >= 0.3 is 0 Å². The quantitative estimate of drug-likeness (QED) is 0.490. The minimum Gasteiger partial charge on any atom is -0.327 e. The molecular weight excluding hydrogens is 353 g/mol. The third kappa shape index (κ3) is 2.42. The summed E-state index contributed by atoms with van der Waals surface area (Å²) in [5.74, 6) is -3.13. The van der Waals surface area contributed by atoms with Gasteiger partial charge < -0.3 is 4.57 Å². The van der Waals surface area contributed by atoms with Gasteiger partial charge in [0.1, 0.15) is 5.82 Å². The number of aryl methyl sites for hydroxylation is 1. The lowest BCUT2D eigenvalue weighted by Crippen LogP contribution is -1.99. The van der Waals surface area contributed by atoms with Crippen LogP contribution < -0.4 is 0 Å². The lowest BCUT2D eigenvalue weighted by molar-refractivity contribution is 0.449. The highest BCUT2D eigenvalue weighted by molar-refractivity contribution is 5.86. The van der Waals surface area contributed by atoms with Gasteiger partial charge in [-0.1, -0.05) is 6.07 Å². The molecule has 27 heavy (non-hydrogen) atoms. The maximum atomic E-state index is 14.5. The van der Waals surface area contributed by atoms with Crippen molar-refractivity contribution in [2.75, 3.05) is 0 Å². The van der Waals surface area contributed by atoms with Crippen LogP contribution in [0.4, 0.5) is 13.2 Å². The molecule has 4 nitrogen and oxygen atoms in total. The van der Waals surface area contributed by atoms with Crippen LogP contribution >= 0.6 is 0 Å². The number of benzene rings is 2. The van der Waals surface area contributed by atoms with E-state index in [-0.39, 0.29) is 5.56 Å². The van der Waals surface area contributed by atoms with Crippen LogP contribution in [0.1, 0.15) is 12.2 Å². The van der Waals surface area contributed by atoms with Crippen molar-refractivity contribution in [3.8, 4) is 22.5 Å². The number of rotatable bonds is 2. The molecule has 0 aliphatic carbocycles. The molecule has 5 rings (SSSR count). The lowest BCUT2D eigenvalue weighted by Gasteiger charge is -2.10. The molecule has 0 atom stereocenters. The monoisotopic (exact) mass is 366 g/mol. The van der Waals surface area contributed by atoms with Gasteiger partial charge in [-0.05, 0) is 30.7 Å². The number of halogens is 3. The third-order valence-electron chi connectivity index (χ3n) is 4.86. The van der Waals surface area contributed by atoms with Gasteiger partial charge in [-0.15, -0.1) is 0 Å². The molecule has 7 heteroatoms. The normalized spacial score (nSPS) is 13.3. The van der Waals surface area contributed by atoms with Crippen LogP contribution in [0.3, 0.4) is 0 Å². The predicted octanol–water partition coefficient (Wildman–Crippen LogP) is 4.52. The molecule has 0 bridgehead atoms. The summed E-state index contributed by atoms with van der Waals surface area (Å²) in [6.07, 6.45) is 4.90. The zero-order valence-corrected chi connectivity index (χ0v) is 14.1. The van der Waals surface area contributed by atoms with Gasteiger partial charge in [0.2, 0.25) is 0 Å². The van der Waals surface area contributed by atoms with Gasteiger partial charge in [0, 0.05) is 36.5 Å². The second kappa shape index (κ2) is 5.90. The number of nitrogens with zero attached hydrogens (tertiary/aromatic N) is 4.